The molecule has 0 spiro atoms. The van der Waals surface area contributed by atoms with E-state index in [1.54, 1.807) is 4.90 Å². The number of rotatable bonds is 0. The molecule has 4 heteroatoms. The molecule has 2 aliphatic heterocycles. The number of likely N-dealkylation sites (tertiary alicyclic amines) is 1. The monoisotopic (exact) mass is 269 g/mol. The normalized spacial score (nSPS) is 22.7. The van der Waals surface area contributed by atoms with Crippen molar-refractivity contribution in [2.24, 2.45) is 5.92 Å². The van der Waals surface area contributed by atoms with E-state index in [1.165, 1.54) is 0 Å². The van der Waals surface area contributed by atoms with Gasteiger partial charge in [0.2, 0.25) is 0 Å². The van der Waals surface area contributed by atoms with E-state index >= 15 is 0 Å². The van der Waals surface area contributed by atoms with E-state index in [0.717, 1.165) is 39.1 Å². The lowest BCUT2D eigenvalue weighted by molar-refractivity contribution is 0.0289. The lowest BCUT2D eigenvalue weighted by Gasteiger charge is -2.24. The van der Waals surface area contributed by atoms with E-state index in [2.05, 4.69) is 13.0 Å². The fourth-order valence-electron chi connectivity index (χ4n) is 1.92. The number of ether oxygens (including phenoxy) is 2. The number of carbonyl (C=O) groups is 1. The third kappa shape index (κ3) is 7.21. The van der Waals surface area contributed by atoms with Gasteiger partial charge in [0.15, 0.2) is 0 Å². The van der Waals surface area contributed by atoms with Crippen LogP contribution in [0.15, 0.2) is 12.2 Å². The van der Waals surface area contributed by atoms with Gasteiger partial charge in [-0.25, -0.2) is 4.79 Å². The van der Waals surface area contributed by atoms with Crippen LogP contribution in [0.4, 0.5) is 4.79 Å². The highest BCUT2D eigenvalue weighted by Crippen LogP contribution is 2.18. The van der Waals surface area contributed by atoms with Crippen LogP contribution in [-0.2, 0) is 9.47 Å². The molecule has 4 nitrogen and oxygen atoms in total. The molecule has 2 aliphatic rings. The number of carbonyl (C=O) groups excluding carboxylic acids is 1. The summed E-state index contributed by atoms with van der Waals surface area (Å²) in [5.74, 6) is 0.618. The zero-order valence-corrected chi connectivity index (χ0v) is 12.6. The summed E-state index contributed by atoms with van der Waals surface area (Å²) in [5, 5.41) is 0. The van der Waals surface area contributed by atoms with Gasteiger partial charge in [-0.1, -0.05) is 19.1 Å². The summed E-state index contributed by atoms with van der Waals surface area (Å²) in [6.45, 7) is 11.3. The molecule has 0 aliphatic carbocycles. The van der Waals surface area contributed by atoms with Crippen LogP contribution >= 0.6 is 0 Å². The molecule has 0 N–H and O–H groups in total. The average molecular weight is 269 g/mol. The number of hydrogen-bond donors (Lipinski definition) is 0. The highest BCUT2D eigenvalue weighted by molar-refractivity contribution is 5.68. The maximum Gasteiger partial charge on any atom is 0.410 e. The second-order valence-corrected chi connectivity index (χ2v) is 6.16. The summed E-state index contributed by atoms with van der Waals surface area (Å²) < 4.78 is 10.2. The Morgan fingerprint density at radius 1 is 1.37 bits per heavy atom. The molecule has 0 saturated carbocycles. The van der Waals surface area contributed by atoms with Crippen molar-refractivity contribution in [3.8, 4) is 0 Å². The first kappa shape index (κ1) is 16.0. The Hall–Kier alpha value is -1.03. The number of amides is 1. The second kappa shape index (κ2) is 7.53. The van der Waals surface area contributed by atoms with Gasteiger partial charge >= 0.3 is 6.09 Å². The van der Waals surface area contributed by atoms with Crippen molar-refractivity contribution < 1.29 is 14.3 Å². The van der Waals surface area contributed by atoms with Crippen LogP contribution in [0.25, 0.3) is 0 Å². The first-order chi connectivity index (χ1) is 8.88. The van der Waals surface area contributed by atoms with Gasteiger partial charge in [-0.05, 0) is 39.5 Å². The minimum absolute atomic E-state index is 0.170. The Kier molecular flexibility index (Phi) is 6.35. The molecule has 19 heavy (non-hydrogen) atoms. The van der Waals surface area contributed by atoms with E-state index in [-0.39, 0.29) is 11.7 Å². The second-order valence-electron chi connectivity index (χ2n) is 6.16. The van der Waals surface area contributed by atoms with Crippen molar-refractivity contribution >= 4 is 6.09 Å². The number of hydrogen-bond acceptors (Lipinski definition) is 3. The van der Waals surface area contributed by atoms with Crippen molar-refractivity contribution in [2.45, 2.75) is 46.1 Å². The zero-order chi connectivity index (χ0) is 14.3. The van der Waals surface area contributed by atoms with Crippen molar-refractivity contribution in [3.05, 3.63) is 12.2 Å². The van der Waals surface area contributed by atoms with E-state index in [9.17, 15) is 4.79 Å². The molecule has 0 bridgehead atoms. The summed E-state index contributed by atoms with van der Waals surface area (Å²) in [6.07, 6.45) is 6.21. The maximum absolute atomic E-state index is 11.5. The van der Waals surface area contributed by atoms with Gasteiger partial charge in [0.1, 0.15) is 5.60 Å². The molecule has 0 aromatic heterocycles. The van der Waals surface area contributed by atoms with Crippen LogP contribution < -0.4 is 0 Å². The molecule has 2 heterocycles. The Morgan fingerprint density at radius 3 is 2.42 bits per heavy atom. The van der Waals surface area contributed by atoms with Crippen LogP contribution in [0, 0.1) is 5.92 Å². The Bertz CT molecular complexity index is 299. The van der Waals surface area contributed by atoms with Gasteiger partial charge in [0, 0.05) is 13.1 Å². The fourth-order valence-corrected chi connectivity index (χ4v) is 1.92. The molecule has 1 amide bonds. The van der Waals surface area contributed by atoms with Gasteiger partial charge in [0.05, 0.1) is 13.2 Å². The fraction of sp³-hybridized carbons (Fsp3) is 0.800. The third-order valence-corrected chi connectivity index (χ3v) is 2.89. The van der Waals surface area contributed by atoms with Crippen molar-refractivity contribution in [1.82, 2.24) is 4.90 Å². The minimum atomic E-state index is -0.372. The van der Waals surface area contributed by atoms with Gasteiger partial charge in [-0.15, -0.1) is 0 Å². The van der Waals surface area contributed by atoms with E-state index in [1.807, 2.05) is 26.8 Å². The molecule has 1 saturated heterocycles. The lowest BCUT2D eigenvalue weighted by Crippen LogP contribution is -2.35. The molecule has 1 fully saturated rings. The summed E-state index contributed by atoms with van der Waals surface area (Å²) in [5.41, 5.74) is -0.372. The SMILES string of the molecule is C1=CCOCC1.CC1CCN(C(=O)OC(C)(C)C)C1. The first-order valence-electron chi connectivity index (χ1n) is 7.09. The molecule has 0 aromatic carbocycles. The van der Waals surface area contributed by atoms with Crippen LogP contribution in [0.3, 0.4) is 0 Å². The molecule has 2 rings (SSSR count). The molecular weight excluding hydrogens is 242 g/mol. The van der Waals surface area contributed by atoms with Gasteiger partial charge in [-0.3, -0.25) is 0 Å². The van der Waals surface area contributed by atoms with Crippen LogP contribution in [-0.4, -0.2) is 42.9 Å². The molecule has 0 radical (unpaired) electrons. The highest BCUT2D eigenvalue weighted by atomic mass is 16.6. The van der Waals surface area contributed by atoms with E-state index < -0.39 is 0 Å². The Balaban J connectivity index is 0.000000250. The zero-order valence-electron chi connectivity index (χ0n) is 12.6. The average Bonchev–Trinajstić information content (AvgIpc) is 2.77. The quantitative estimate of drug-likeness (QED) is 0.634. The minimum Gasteiger partial charge on any atom is -0.444 e. The molecule has 110 valence electrons. The van der Waals surface area contributed by atoms with E-state index in [4.69, 9.17) is 9.47 Å². The molecule has 1 atom stereocenters. The summed E-state index contributed by atoms with van der Waals surface area (Å²) in [7, 11) is 0. The predicted molar refractivity (Wildman–Crippen MR) is 76.2 cm³/mol. The highest BCUT2D eigenvalue weighted by Gasteiger charge is 2.27. The summed E-state index contributed by atoms with van der Waals surface area (Å²) in [4.78, 5) is 13.3. The largest absolute Gasteiger partial charge is 0.444 e. The van der Waals surface area contributed by atoms with E-state index in [0.29, 0.717) is 5.92 Å². The van der Waals surface area contributed by atoms with Gasteiger partial charge in [-0.2, -0.15) is 0 Å². The predicted octanol–water partition coefficient (Wildman–Crippen LogP) is 3.23. The number of nitrogens with zero attached hydrogens (tertiary/aromatic N) is 1. The Labute approximate surface area is 116 Å². The summed E-state index contributed by atoms with van der Waals surface area (Å²) >= 11 is 0. The third-order valence-electron chi connectivity index (χ3n) is 2.89. The smallest absolute Gasteiger partial charge is 0.410 e. The van der Waals surface area contributed by atoms with Gasteiger partial charge < -0.3 is 14.4 Å². The van der Waals surface area contributed by atoms with Gasteiger partial charge in [0.25, 0.3) is 0 Å². The van der Waals surface area contributed by atoms with Crippen molar-refractivity contribution in [3.63, 3.8) is 0 Å². The maximum atomic E-state index is 11.5. The summed E-state index contributed by atoms with van der Waals surface area (Å²) in [6, 6.07) is 0. The van der Waals surface area contributed by atoms with Crippen molar-refractivity contribution in [1.29, 1.82) is 0 Å². The van der Waals surface area contributed by atoms with Crippen molar-refractivity contribution in [2.75, 3.05) is 26.3 Å². The standard InChI is InChI=1S/C10H19NO2.C5H8O/c1-8-5-6-11(7-8)9(12)13-10(2,3)4;1-2-4-6-5-3-1/h8H,5-7H2,1-4H3;1-2H,3-5H2. The Morgan fingerprint density at radius 2 is 2.11 bits per heavy atom. The van der Waals surface area contributed by atoms with Crippen LogP contribution in [0.5, 0.6) is 0 Å². The lowest BCUT2D eigenvalue weighted by atomic mass is 10.2. The molecule has 0 aromatic rings. The topological polar surface area (TPSA) is 38.8 Å². The molecular formula is C15H27NO3. The molecule has 1 unspecified atom stereocenters. The van der Waals surface area contributed by atoms with Crippen LogP contribution in [0.2, 0.25) is 0 Å². The first-order valence-corrected chi connectivity index (χ1v) is 7.09. The van der Waals surface area contributed by atoms with Crippen LogP contribution in [0.1, 0.15) is 40.5 Å².